The van der Waals surface area contributed by atoms with Crippen LogP contribution in [0.25, 0.3) is 0 Å². The number of aryl methyl sites for hydroxylation is 1. The van der Waals surface area contributed by atoms with Crippen molar-refractivity contribution in [2.24, 2.45) is 0 Å². The van der Waals surface area contributed by atoms with Crippen LogP contribution >= 0.6 is 0 Å². The van der Waals surface area contributed by atoms with E-state index < -0.39 is 17.6 Å². The molecule has 0 aliphatic heterocycles. The van der Waals surface area contributed by atoms with E-state index in [9.17, 15) is 18.0 Å². The second-order valence-corrected chi connectivity index (χ2v) is 4.42. The first kappa shape index (κ1) is 14.8. The third kappa shape index (κ3) is 3.31. The molecule has 0 saturated heterocycles. The zero-order valence-electron chi connectivity index (χ0n) is 11.0. The second kappa shape index (κ2) is 5.43. The standard InChI is InChI=1S/C14H12F3N3O/c1-8-4-5-9(7-11(8)14(15,16)17)20-13(21)10-3-2-6-19-12(10)18/h2-7H,1H3,(H2,18,19)(H,20,21). The maximum absolute atomic E-state index is 12.8. The summed E-state index contributed by atoms with van der Waals surface area (Å²) in [5.41, 5.74) is 4.99. The third-order valence-corrected chi connectivity index (χ3v) is 2.88. The van der Waals surface area contributed by atoms with Crippen LogP contribution in [0.2, 0.25) is 0 Å². The number of hydrogen-bond donors (Lipinski definition) is 2. The topological polar surface area (TPSA) is 68.0 Å². The molecular formula is C14H12F3N3O. The van der Waals surface area contributed by atoms with E-state index in [0.29, 0.717) is 0 Å². The Morgan fingerprint density at radius 3 is 2.62 bits per heavy atom. The van der Waals surface area contributed by atoms with Gasteiger partial charge in [0, 0.05) is 11.9 Å². The summed E-state index contributed by atoms with van der Waals surface area (Å²) in [5.74, 6) is -0.601. The summed E-state index contributed by atoms with van der Waals surface area (Å²) in [6.45, 7) is 1.35. The fraction of sp³-hybridized carbons (Fsp3) is 0.143. The molecule has 4 nitrogen and oxygen atoms in total. The monoisotopic (exact) mass is 295 g/mol. The molecule has 2 aromatic rings. The summed E-state index contributed by atoms with van der Waals surface area (Å²) in [6, 6.07) is 6.54. The van der Waals surface area contributed by atoms with Crippen molar-refractivity contribution in [2.75, 3.05) is 11.1 Å². The lowest BCUT2D eigenvalue weighted by Crippen LogP contribution is -2.16. The van der Waals surface area contributed by atoms with Crippen molar-refractivity contribution in [2.45, 2.75) is 13.1 Å². The van der Waals surface area contributed by atoms with Gasteiger partial charge in [0.05, 0.1) is 11.1 Å². The highest BCUT2D eigenvalue weighted by Gasteiger charge is 2.32. The molecule has 7 heteroatoms. The lowest BCUT2D eigenvalue weighted by molar-refractivity contribution is -0.138. The number of amides is 1. The molecule has 2 rings (SSSR count). The molecule has 1 aromatic heterocycles. The Morgan fingerprint density at radius 1 is 1.29 bits per heavy atom. The number of hydrogen-bond acceptors (Lipinski definition) is 3. The minimum Gasteiger partial charge on any atom is -0.383 e. The SMILES string of the molecule is Cc1ccc(NC(=O)c2cccnc2N)cc1C(F)(F)F. The largest absolute Gasteiger partial charge is 0.416 e. The number of benzene rings is 1. The van der Waals surface area contributed by atoms with E-state index in [0.717, 1.165) is 6.07 Å². The number of rotatable bonds is 2. The van der Waals surface area contributed by atoms with Crippen molar-refractivity contribution in [3.8, 4) is 0 Å². The summed E-state index contributed by atoms with van der Waals surface area (Å²) < 4.78 is 38.4. The van der Waals surface area contributed by atoms with Crippen LogP contribution in [0.1, 0.15) is 21.5 Å². The van der Waals surface area contributed by atoms with Crippen LogP contribution in [-0.2, 0) is 6.18 Å². The number of carbonyl (C=O) groups excluding carboxylic acids is 1. The number of alkyl halides is 3. The number of aromatic nitrogens is 1. The number of carbonyl (C=O) groups is 1. The highest BCUT2D eigenvalue weighted by molar-refractivity contribution is 6.07. The van der Waals surface area contributed by atoms with Gasteiger partial charge in [-0.05, 0) is 36.8 Å². The number of nitrogens with zero attached hydrogens (tertiary/aromatic N) is 1. The molecule has 0 fully saturated rings. The molecule has 0 atom stereocenters. The molecule has 1 aromatic carbocycles. The van der Waals surface area contributed by atoms with E-state index in [1.807, 2.05) is 0 Å². The van der Waals surface area contributed by atoms with Gasteiger partial charge < -0.3 is 11.1 Å². The van der Waals surface area contributed by atoms with E-state index >= 15 is 0 Å². The van der Waals surface area contributed by atoms with E-state index in [-0.39, 0.29) is 22.6 Å². The number of anilines is 2. The quantitative estimate of drug-likeness (QED) is 0.893. The number of pyridine rings is 1. The number of halogens is 3. The second-order valence-electron chi connectivity index (χ2n) is 4.42. The molecule has 0 spiro atoms. The first-order chi connectivity index (χ1) is 9.79. The Hall–Kier alpha value is -2.57. The van der Waals surface area contributed by atoms with E-state index in [4.69, 9.17) is 5.73 Å². The summed E-state index contributed by atoms with van der Waals surface area (Å²) in [4.78, 5) is 15.7. The van der Waals surface area contributed by atoms with Gasteiger partial charge in [0.15, 0.2) is 0 Å². The molecule has 0 bridgehead atoms. The highest BCUT2D eigenvalue weighted by atomic mass is 19.4. The van der Waals surface area contributed by atoms with Crippen LogP contribution in [-0.4, -0.2) is 10.9 Å². The molecule has 0 saturated carbocycles. The molecule has 1 heterocycles. The van der Waals surface area contributed by atoms with Crippen molar-refractivity contribution < 1.29 is 18.0 Å². The lowest BCUT2D eigenvalue weighted by Gasteiger charge is -2.13. The van der Waals surface area contributed by atoms with Gasteiger partial charge in [0.2, 0.25) is 0 Å². The van der Waals surface area contributed by atoms with Crippen LogP contribution in [0.5, 0.6) is 0 Å². The summed E-state index contributed by atoms with van der Waals surface area (Å²) >= 11 is 0. The molecule has 0 aliphatic carbocycles. The van der Waals surface area contributed by atoms with E-state index in [1.54, 1.807) is 0 Å². The fourth-order valence-electron chi connectivity index (χ4n) is 1.81. The van der Waals surface area contributed by atoms with Gasteiger partial charge in [-0.3, -0.25) is 4.79 Å². The lowest BCUT2D eigenvalue weighted by atomic mass is 10.1. The maximum atomic E-state index is 12.8. The molecule has 110 valence electrons. The average molecular weight is 295 g/mol. The molecule has 0 aliphatic rings. The molecule has 0 unspecified atom stereocenters. The zero-order valence-corrected chi connectivity index (χ0v) is 11.0. The van der Waals surface area contributed by atoms with Crippen molar-refractivity contribution in [3.05, 3.63) is 53.2 Å². The normalized spacial score (nSPS) is 11.2. The molecule has 1 amide bonds. The summed E-state index contributed by atoms with van der Waals surface area (Å²) in [6.07, 6.45) is -3.06. The highest BCUT2D eigenvalue weighted by Crippen LogP contribution is 2.33. The van der Waals surface area contributed by atoms with Crippen LogP contribution in [0, 0.1) is 6.92 Å². The molecule has 3 N–H and O–H groups in total. The van der Waals surface area contributed by atoms with Gasteiger partial charge in [-0.25, -0.2) is 4.98 Å². The van der Waals surface area contributed by atoms with Crippen LogP contribution < -0.4 is 11.1 Å². The first-order valence-corrected chi connectivity index (χ1v) is 5.98. The average Bonchev–Trinajstić information content (AvgIpc) is 2.40. The zero-order chi connectivity index (χ0) is 15.6. The Balaban J connectivity index is 2.29. The predicted molar refractivity (Wildman–Crippen MR) is 72.8 cm³/mol. The van der Waals surface area contributed by atoms with Crippen molar-refractivity contribution >= 4 is 17.4 Å². The minimum atomic E-state index is -4.47. The fourth-order valence-corrected chi connectivity index (χ4v) is 1.81. The molecule has 0 radical (unpaired) electrons. The smallest absolute Gasteiger partial charge is 0.383 e. The van der Waals surface area contributed by atoms with Gasteiger partial charge >= 0.3 is 6.18 Å². The van der Waals surface area contributed by atoms with Gasteiger partial charge in [0.1, 0.15) is 5.82 Å². The van der Waals surface area contributed by atoms with Crippen molar-refractivity contribution in [1.29, 1.82) is 0 Å². The Morgan fingerprint density at radius 2 is 2.00 bits per heavy atom. The van der Waals surface area contributed by atoms with Crippen LogP contribution in [0.4, 0.5) is 24.7 Å². The number of nitrogens with two attached hydrogens (primary N) is 1. The van der Waals surface area contributed by atoms with E-state index in [2.05, 4.69) is 10.3 Å². The minimum absolute atomic E-state index is 0.0122. The third-order valence-electron chi connectivity index (χ3n) is 2.88. The van der Waals surface area contributed by atoms with Gasteiger partial charge in [0.25, 0.3) is 5.91 Å². The molecular weight excluding hydrogens is 283 g/mol. The Labute approximate surface area is 118 Å². The number of nitrogen functional groups attached to an aromatic ring is 1. The van der Waals surface area contributed by atoms with Crippen LogP contribution in [0.3, 0.4) is 0 Å². The summed E-state index contributed by atoms with van der Waals surface area (Å²) in [5, 5.41) is 2.38. The van der Waals surface area contributed by atoms with Crippen LogP contribution in [0.15, 0.2) is 36.5 Å². The van der Waals surface area contributed by atoms with Crippen molar-refractivity contribution in [1.82, 2.24) is 4.98 Å². The van der Waals surface area contributed by atoms with Gasteiger partial charge in [-0.1, -0.05) is 6.07 Å². The van der Waals surface area contributed by atoms with Gasteiger partial charge in [-0.2, -0.15) is 13.2 Å². The van der Waals surface area contributed by atoms with E-state index in [1.165, 1.54) is 37.4 Å². The first-order valence-electron chi connectivity index (χ1n) is 5.98. The maximum Gasteiger partial charge on any atom is 0.416 e. The van der Waals surface area contributed by atoms with Gasteiger partial charge in [-0.15, -0.1) is 0 Å². The predicted octanol–water partition coefficient (Wildman–Crippen LogP) is 3.24. The Bertz CT molecular complexity index is 683. The summed E-state index contributed by atoms with van der Waals surface area (Å²) in [7, 11) is 0. The van der Waals surface area contributed by atoms with Crippen molar-refractivity contribution in [3.63, 3.8) is 0 Å². The molecule has 21 heavy (non-hydrogen) atoms. The number of nitrogens with one attached hydrogen (secondary N) is 1. The Kier molecular flexibility index (Phi) is 3.84.